The van der Waals surface area contributed by atoms with Gasteiger partial charge in [0.1, 0.15) is 0 Å². The molecule has 0 aromatic heterocycles. The van der Waals surface area contributed by atoms with Gasteiger partial charge >= 0.3 is 0 Å². The summed E-state index contributed by atoms with van der Waals surface area (Å²) in [7, 11) is 3.75. The van der Waals surface area contributed by atoms with Crippen molar-refractivity contribution in [1.82, 2.24) is 4.90 Å². The normalized spacial score (nSPS) is 21.4. The predicted octanol–water partition coefficient (Wildman–Crippen LogP) is 2.19. The first-order valence-electron chi connectivity index (χ1n) is 7.74. The van der Waals surface area contributed by atoms with E-state index in [2.05, 4.69) is 11.9 Å². The Labute approximate surface area is 135 Å². The Kier molecular flexibility index (Phi) is 3.20. The maximum atomic E-state index is 11.6. The largest absolute Gasteiger partial charge is 0.492 e. The van der Waals surface area contributed by atoms with Crippen LogP contribution in [0.2, 0.25) is 0 Å². The summed E-state index contributed by atoms with van der Waals surface area (Å²) in [5.41, 5.74) is 1.92. The molecule has 5 heteroatoms. The molecule has 0 radical (unpaired) electrons. The third-order valence-electron chi connectivity index (χ3n) is 4.85. The Hall–Kier alpha value is -2.27. The van der Waals surface area contributed by atoms with Crippen molar-refractivity contribution in [3.05, 3.63) is 41.5 Å². The lowest BCUT2D eigenvalue weighted by Crippen LogP contribution is -2.26. The molecule has 5 nitrogen and oxygen atoms in total. The number of benzene rings is 1. The first kappa shape index (κ1) is 14.3. The summed E-state index contributed by atoms with van der Waals surface area (Å²) in [5.74, 6) is 2.16. The Morgan fingerprint density at radius 1 is 1.26 bits per heavy atom. The van der Waals surface area contributed by atoms with Crippen molar-refractivity contribution in [2.45, 2.75) is 18.4 Å². The van der Waals surface area contributed by atoms with E-state index in [1.54, 1.807) is 19.3 Å². The molecule has 1 aliphatic carbocycles. The maximum Gasteiger partial charge on any atom is 0.231 e. The number of methoxy groups -OCH3 is 1. The van der Waals surface area contributed by atoms with Crippen molar-refractivity contribution in [1.29, 1.82) is 0 Å². The van der Waals surface area contributed by atoms with Crippen LogP contribution in [-0.4, -0.2) is 38.2 Å². The Morgan fingerprint density at radius 3 is 2.78 bits per heavy atom. The molecule has 120 valence electrons. The van der Waals surface area contributed by atoms with Gasteiger partial charge in [0.25, 0.3) is 0 Å². The first-order valence-corrected chi connectivity index (χ1v) is 7.74. The topological polar surface area (TPSA) is 48.0 Å². The first-order chi connectivity index (χ1) is 11.1. The zero-order valence-electron chi connectivity index (χ0n) is 13.3. The minimum Gasteiger partial charge on any atom is -0.492 e. The number of ether oxygens (including phenoxy) is 3. The van der Waals surface area contributed by atoms with Gasteiger partial charge < -0.3 is 19.1 Å². The molecule has 1 aromatic carbocycles. The molecule has 0 bridgehead atoms. The molecule has 2 heterocycles. The average molecular weight is 313 g/mol. The van der Waals surface area contributed by atoms with E-state index in [1.165, 1.54) is 0 Å². The van der Waals surface area contributed by atoms with Crippen molar-refractivity contribution < 1.29 is 19.0 Å². The third kappa shape index (κ3) is 2.15. The highest BCUT2D eigenvalue weighted by atomic mass is 16.7. The molecule has 23 heavy (non-hydrogen) atoms. The highest BCUT2D eigenvalue weighted by molar-refractivity contribution is 6.00. The fourth-order valence-corrected chi connectivity index (χ4v) is 3.62. The Bertz CT molecular complexity index is 719. The highest BCUT2D eigenvalue weighted by Crippen LogP contribution is 2.50. The van der Waals surface area contributed by atoms with Crippen molar-refractivity contribution in [2.75, 3.05) is 27.5 Å². The molecule has 1 spiro atoms. The molecular weight excluding hydrogens is 294 g/mol. The second-order valence-electron chi connectivity index (χ2n) is 6.27. The van der Waals surface area contributed by atoms with Gasteiger partial charge in [-0.2, -0.15) is 0 Å². The summed E-state index contributed by atoms with van der Waals surface area (Å²) >= 11 is 0. The molecule has 0 fully saturated rings. The van der Waals surface area contributed by atoms with Gasteiger partial charge in [0.2, 0.25) is 12.5 Å². The molecule has 0 atom stereocenters. The number of hydrogen-bond donors (Lipinski definition) is 0. The van der Waals surface area contributed by atoms with Gasteiger partial charge in [0.05, 0.1) is 7.11 Å². The molecule has 0 amide bonds. The minimum atomic E-state index is -0.303. The van der Waals surface area contributed by atoms with E-state index in [0.717, 1.165) is 36.4 Å². The zero-order chi connectivity index (χ0) is 16.0. The van der Waals surface area contributed by atoms with Gasteiger partial charge in [0, 0.05) is 17.5 Å². The maximum absolute atomic E-state index is 11.6. The van der Waals surface area contributed by atoms with E-state index in [-0.39, 0.29) is 18.0 Å². The number of fused-ring (bicyclic) bond motifs is 3. The van der Waals surface area contributed by atoms with Crippen molar-refractivity contribution in [3.63, 3.8) is 0 Å². The van der Waals surface area contributed by atoms with Crippen molar-refractivity contribution in [3.8, 4) is 17.2 Å². The summed E-state index contributed by atoms with van der Waals surface area (Å²) in [6.45, 7) is 1.90. The van der Waals surface area contributed by atoms with E-state index < -0.39 is 0 Å². The second-order valence-corrected chi connectivity index (χ2v) is 6.27. The van der Waals surface area contributed by atoms with Crippen LogP contribution in [0.3, 0.4) is 0 Å². The summed E-state index contributed by atoms with van der Waals surface area (Å²) < 4.78 is 16.9. The Morgan fingerprint density at radius 2 is 2.04 bits per heavy atom. The van der Waals surface area contributed by atoms with Crippen LogP contribution < -0.4 is 14.2 Å². The van der Waals surface area contributed by atoms with Crippen LogP contribution in [0.15, 0.2) is 30.4 Å². The van der Waals surface area contributed by atoms with Crippen LogP contribution in [-0.2, 0) is 16.8 Å². The molecule has 3 aliphatic rings. The van der Waals surface area contributed by atoms with Crippen LogP contribution in [0, 0.1) is 0 Å². The molecule has 0 N–H and O–H groups in total. The average Bonchev–Trinajstić information content (AvgIpc) is 2.97. The molecule has 4 rings (SSSR count). The predicted molar refractivity (Wildman–Crippen MR) is 85.0 cm³/mol. The van der Waals surface area contributed by atoms with E-state index in [4.69, 9.17) is 14.2 Å². The number of carbonyl (C=O) groups excluding carboxylic acids is 1. The lowest BCUT2D eigenvalue weighted by Gasteiger charge is -2.30. The molecule has 1 aromatic rings. The third-order valence-corrected chi connectivity index (χ3v) is 4.85. The summed E-state index contributed by atoms with van der Waals surface area (Å²) in [6, 6.07) is 2.05. The molecular formula is C18H19NO4. The quantitative estimate of drug-likeness (QED) is 0.795. The van der Waals surface area contributed by atoms with Gasteiger partial charge in [-0.3, -0.25) is 4.79 Å². The number of nitrogens with zero attached hydrogens (tertiary/aromatic N) is 1. The van der Waals surface area contributed by atoms with Crippen LogP contribution in [0.5, 0.6) is 17.2 Å². The number of allylic oxidation sites excluding steroid dienone is 4. The zero-order valence-corrected chi connectivity index (χ0v) is 13.3. The van der Waals surface area contributed by atoms with Gasteiger partial charge in [-0.1, -0.05) is 12.2 Å². The van der Waals surface area contributed by atoms with Crippen LogP contribution in [0.25, 0.3) is 0 Å². The fraction of sp³-hybridized carbons (Fsp3) is 0.389. The summed E-state index contributed by atoms with van der Waals surface area (Å²) in [4.78, 5) is 13.9. The molecule has 2 aliphatic heterocycles. The number of rotatable bonds is 1. The number of ketones is 1. The molecule has 0 unspecified atom stereocenters. The minimum absolute atomic E-state index is 0.0301. The molecule has 0 saturated carbocycles. The number of hydrogen-bond acceptors (Lipinski definition) is 5. The van der Waals surface area contributed by atoms with Crippen LogP contribution >= 0.6 is 0 Å². The summed E-state index contributed by atoms with van der Waals surface area (Å²) in [5, 5.41) is 0. The summed E-state index contributed by atoms with van der Waals surface area (Å²) in [6.07, 6.45) is 8.24. The second kappa shape index (κ2) is 5.13. The number of carbonyl (C=O) groups is 1. The Balaban J connectivity index is 1.97. The van der Waals surface area contributed by atoms with Gasteiger partial charge in [-0.15, -0.1) is 0 Å². The van der Waals surface area contributed by atoms with E-state index >= 15 is 0 Å². The van der Waals surface area contributed by atoms with Gasteiger partial charge in [-0.25, -0.2) is 0 Å². The van der Waals surface area contributed by atoms with Gasteiger partial charge in [-0.05, 0) is 43.8 Å². The van der Waals surface area contributed by atoms with Crippen LogP contribution in [0.4, 0.5) is 0 Å². The van der Waals surface area contributed by atoms with E-state index in [9.17, 15) is 4.79 Å². The van der Waals surface area contributed by atoms with E-state index in [0.29, 0.717) is 11.5 Å². The monoisotopic (exact) mass is 313 g/mol. The highest BCUT2D eigenvalue weighted by Gasteiger charge is 2.38. The van der Waals surface area contributed by atoms with Crippen molar-refractivity contribution in [2.24, 2.45) is 0 Å². The standard InChI is InChI=1S/C18H19NO4/c1-19-8-7-18(5-3-12(20)4-6-18)14-9-15-17(23-11-22-15)16(21-2)13(14)10-19/h3-6,9H,7-8,10-11H2,1-2H3. The lowest BCUT2D eigenvalue weighted by atomic mass is 9.73. The van der Waals surface area contributed by atoms with Gasteiger partial charge in [0.15, 0.2) is 17.3 Å². The lowest BCUT2D eigenvalue weighted by molar-refractivity contribution is -0.110. The van der Waals surface area contributed by atoms with Crippen molar-refractivity contribution >= 4 is 5.78 Å². The fourth-order valence-electron chi connectivity index (χ4n) is 3.62. The van der Waals surface area contributed by atoms with Crippen LogP contribution in [0.1, 0.15) is 17.5 Å². The SMILES string of the molecule is COc1c2c(cc3c1OCO3)C1(C=CC(=O)C=C1)CCN(C)C2. The molecule has 0 saturated heterocycles. The van der Waals surface area contributed by atoms with E-state index in [1.807, 2.05) is 18.2 Å². The smallest absolute Gasteiger partial charge is 0.231 e.